The predicted octanol–water partition coefficient (Wildman–Crippen LogP) is 5.07. The van der Waals surface area contributed by atoms with E-state index in [1.54, 1.807) is 24.3 Å². The average Bonchev–Trinajstić information content (AvgIpc) is 2.74. The molecule has 0 spiro atoms. The Morgan fingerprint density at radius 3 is 2.09 bits per heavy atom. The number of hydrogen-bond acceptors (Lipinski definition) is 3. The van der Waals surface area contributed by atoms with Gasteiger partial charge in [-0.3, -0.25) is 9.10 Å². The highest BCUT2D eigenvalue weighted by Crippen LogP contribution is 2.24. The number of amides is 1. The summed E-state index contributed by atoms with van der Waals surface area (Å²) < 4.78 is 26.1. The molecule has 0 aliphatic carbocycles. The van der Waals surface area contributed by atoms with Gasteiger partial charge in [-0.15, -0.1) is 0 Å². The fraction of sp³-hybridized carbons (Fsp3) is 0.269. The minimum atomic E-state index is -3.48. The van der Waals surface area contributed by atoms with Gasteiger partial charge in [-0.1, -0.05) is 42.5 Å². The molecule has 1 amide bonds. The Labute approximate surface area is 191 Å². The number of carbonyl (C=O) groups is 1. The lowest BCUT2D eigenvalue weighted by Gasteiger charge is -2.23. The van der Waals surface area contributed by atoms with Gasteiger partial charge in [0, 0.05) is 5.56 Å². The summed E-state index contributed by atoms with van der Waals surface area (Å²) in [4.78, 5) is 12.8. The fourth-order valence-electron chi connectivity index (χ4n) is 3.74. The number of carbonyl (C=O) groups excluding carboxylic acids is 1. The molecule has 0 radical (unpaired) electrons. The van der Waals surface area contributed by atoms with Crippen molar-refractivity contribution in [1.29, 1.82) is 0 Å². The van der Waals surface area contributed by atoms with Gasteiger partial charge in [-0.25, -0.2) is 8.42 Å². The van der Waals surface area contributed by atoms with Gasteiger partial charge >= 0.3 is 0 Å². The molecule has 0 unspecified atom stereocenters. The highest BCUT2D eigenvalue weighted by atomic mass is 32.2. The Hall–Kier alpha value is -3.12. The molecule has 3 aromatic carbocycles. The van der Waals surface area contributed by atoms with E-state index in [1.807, 2.05) is 44.2 Å². The monoisotopic (exact) mass is 450 g/mol. The van der Waals surface area contributed by atoms with Crippen LogP contribution in [0, 0.1) is 20.8 Å². The molecule has 3 aromatic rings. The summed E-state index contributed by atoms with van der Waals surface area (Å²) in [6.45, 7) is 8.39. The molecule has 0 heterocycles. The van der Waals surface area contributed by atoms with Crippen LogP contribution in [0.3, 0.4) is 0 Å². The molecule has 0 aliphatic rings. The van der Waals surface area contributed by atoms with Crippen LogP contribution in [0.5, 0.6) is 0 Å². The van der Waals surface area contributed by atoms with E-state index in [0.29, 0.717) is 11.3 Å². The third-order valence-electron chi connectivity index (χ3n) is 5.68. The van der Waals surface area contributed by atoms with Crippen molar-refractivity contribution < 1.29 is 13.2 Å². The number of anilines is 1. The van der Waals surface area contributed by atoms with Crippen molar-refractivity contribution >= 4 is 21.6 Å². The van der Waals surface area contributed by atoms with Gasteiger partial charge in [0.15, 0.2) is 0 Å². The van der Waals surface area contributed by atoms with E-state index in [1.165, 1.54) is 21.7 Å². The molecule has 32 heavy (non-hydrogen) atoms. The van der Waals surface area contributed by atoms with Crippen LogP contribution in [0.4, 0.5) is 5.69 Å². The van der Waals surface area contributed by atoms with Crippen LogP contribution in [0.1, 0.15) is 51.1 Å². The Kier molecular flexibility index (Phi) is 7.04. The van der Waals surface area contributed by atoms with Gasteiger partial charge in [0.25, 0.3) is 5.91 Å². The highest BCUT2D eigenvalue weighted by Gasteiger charge is 2.19. The minimum absolute atomic E-state index is 0.146. The highest BCUT2D eigenvalue weighted by molar-refractivity contribution is 7.92. The van der Waals surface area contributed by atoms with E-state index in [-0.39, 0.29) is 18.5 Å². The van der Waals surface area contributed by atoms with E-state index in [9.17, 15) is 13.2 Å². The Morgan fingerprint density at radius 1 is 0.906 bits per heavy atom. The van der Waals surface area contributed by atoms with Gasteiger partial charge in [0.1, 0.15) is 0 Å². The van der Waals surface area contributed by atoms with Crippen LogP contribution in [-0.4, -0.2) is 20.6 Å². The maximum absolute atomic E-state index is 12.8. The molecule has 5 nitrogen and oxygen atoms in total. The zero-order valence-electron chi connectivity index (χ0n) is 19.2. The third-order valence-corrected chi connectivity index (χ3v) is 6.82. The van der Waals surface area contributed by atoms with Gasteiger partial charge in [-0.05, 0) is 79.8 Å². The first kappa shape index (κ1) is 23.5. The summed E-state index contributed by atoms with van der Waals surface area (Å²) in [7, 11) is -3.48. The molecule has 6 heteroatoms. The van der Waals surface area contributed by atoms with Crippen molar-refractivity contribution in [2.45, 2.75) is 40.3 Å². The van der Waals surface area contributed by atoms with E-state index >= 15 is 0 Å². The molecule has 0 aromatic heterocycles. The number of nitrogens with zero attached hydrogens (tertiary/aromatic N) is 1. The van der Waals surface area contributed by atoms with Crippen molar-refractivity contribution in [3.8, 4) is 0 Å². The van der Waals surface area contributed by atoms with Crippen LogP contribution in [0.25, 0.3) is 0 Å². The van der Waals surface area contributed by atoms with Crippen LogP contribution in [-0.2, 0) is 16.6 Å². The van der Waals surface area contributed by atoms with Crippen molar-refractivity contribution in [3.63, 3.8) is 0 Å². The first-order chi connectivity index (χ1) is 15.1. The maximum atomic E-state index is 12.8. The first-order valence-electron chi connectivity index (χ1n) is 10.6. The number of sulfonamides is 1. The quantitative estimate of drug-likeness (QED) is 0.547. The van der Waals surface area contributed by atoms with Crippen LogP contribution in [0.15, 0.2) is 66.7 Å². The molecule has 3 rings (SSSR count). The Balaban J connectivity index is 1.77. The molecule has 0 saturated heterocycles. The van der Waals surface area contributed by atoms with Crippen LogP contribution >= 0.6 is 0 Å². The Bertz CT molecular complexity index is 1200. The number of rotatable bonds is 7. The van der Waals surface area contributed by atoms with Crippen LogP contribution in [0.2, 0.25) is 0 Å². The van der Waals surface area contributed by atoms with E-state index in [0.717, 1.165) is 16.7 Å². The predicted molar refractivity (Wildman–Crippen MR) is 130 cm³/mol. The van der Waals surface area contributed by atoms with E-state index in [2.05, 4.69) is 31.3 Å². The molecule has 0 fully saturated rings. The molecule has 0 saturated carbocycles. The standard InChI is InChI=1S/C26H30N2O3S/c1-18-15-20(3)25(16-19(18)2)21(4)27-26(29)23-11-13-24(14-12-23)28(32(5,30)31)17-22-9-7-6-8-10-22/h6-16,21H,17H2,1-5H3,(H,27,29)/t21-/m0/s1. The topological polar surface area (TPSA) is 66.5 Å². The summed E-state index contributed by atoms with van der Waals surface area (Å²) >= 11 is 0. The third kappa shape index (κ3) is 5.56. The van der Waals surface area contributed by atoms with Gasteiger partial charge in [0.2, 0.25) is 10.0 Å². The summed E-state index contributed by atoms with van der Waals surface area (Å²) in [6.07, 6.45) is 1.18. The molecule has 0 bridgehead atoms. The second-order valence-corrected chi connectivity index (χ2v) is 10.2. The lowest BCUT2D eigenvalue weighted by Crippen LogP contribution is -2.30. The second-order valence-electron chi connectivity index (χ2n) is 8.29. The normalized spacial score (nSPS) is 12.3. The number of benzene rings is 3. The smallest absolute Gasteiger partial charge is 0.251 e. The van der Waals surface area contributed by atoms with Gasteiger partial charge in [0.05, 0.1) is 24.5 Å². The van der Waals surface area contributed by atoms with Crippen molar-refractivity contribution in [3.05, 3.63) is 100 Å². The van der Waals surface area contributed by atoms with Crippen molar-refractivity contribution in [2.75, 3.05) is 10.6 Å². The number of hydrogen-bond donors (Lipinski definition) is 1. The van der Waals surface area contributed by atoms with Gasteiger partial charge < -0.3 is 5.32 Å². The molecule has 168 valence electrons. The van der Waals surface area contributed by atoms with E-state index in [4.69, 9.17) is 0 Å². The molecule has 1 atom stereocenters. The number of aryl methyl sites for hydroxylation is 3. The zero-order valence-corrected chi connectivity index (χ0v) is 20.0. The summed E-state index contributed by atoms with van der Waals surface area (Å²) in [5, 5.41) is 3.05. The molecule has 1 N–H and O–H groups in total. The van der Waals surface area contributed by atoms with Crippen LogP contribution < -0.4 is 9.62 Å². The first-order valence-corrected chi connectivity index (χ1v) is 12.4. The maximum Gasteiger partial charge on any atom is 0.251 e. The fourth-order valence-corrected chi connectivity index (χ4v) is 4.62. The van der Waals surface area contributed by atoms with E-state index < -0.39 is 10.0 Å². The molecule has 0 aliphatic heterocycles. The number of nitrogens with one attached hydrogen (secondary N) is 1. The van der Waals surface area contributed by atoms with Gasteiger partial charge in [-0.2, -0.15) is 0 Å². The minimum Gasteiger partial charge on any atom is -0.346 e. The largest absolute Gasteiger partial charge is 0.346 e. The summed E-state index contributed by atoms with van der Waals surface area (Å²) in [5.41, 5.74) is 6.53. The lowest BCUT2D eigenvalue weighted by molar-refractivity contribution is 0.0940. The van der Waals surface area contributed by atoms with Crippen molar-refractivity contribution in [2.24, 2.45) is 0 Å². The molecular formula is C26H30N2O3S. The molecular weight excluding hydrogens is 420 g/mol. The summed E-state index contributed by atoms with van der Waals surface area (Å²) in [6, 6.07) is 20.2. The average molecular weight is 451 g/mol. The van der Waals surface area contributed by atoms with Crippen molar-refractivity contribution in [1.82, 2.24) is 5.32 Å². The zero-order chi connectivity index (χ0) is 23.5. The second kappa shape index (κ2) is 9.57. The summed E-state index contributed by atoms with van der Waals surface area (Å²) in [5.74, 6) is -0.198. The lowest BCUT2D eigenvalue weighted by atomic mass is 9.96. The Morgan fingerprint density at radius 2 is 1.50 bits per heavy atom. The SMILES string of the molecule is Cc1cc(C)c([C@H](C)NC(=O)c2ccc(N(Cc3ccccc3)S(C)(=O)=O)cc2)cc1C.